The molecule has 1 aliphatic heterocycles. The van der Waals surface area contributed by atoms with Crippen molar-refractivity contribution in [2.45, 2.75) is 0 Å². The fraction of sp³-hybridized carbons (Fsp3) is 0.167. The normalized spacial score (nSPS) is 13.8. The summed E-state index contributed by atoms with van der Waals surface area (Å²) in [7, 11) is 0. The van der Waals surface area contributed by atoms with E-state index in [2.05, 4.69) is 9.98 Å². The van der Waals surface area contributed by atoms with Crippen molar-refractivity contribution in [3.63, 3.8) is 0 Å². The standard InChI is InChI=1S/C6H6N3/c1-3-9-4-2-8-6(9)5-7-1/h1,3-5H,2H2/q+1. The predicted molar refractivity (Wildman–Crippen MR) is 30.2 cm³/mol. The van der Waals surface area contributed by atoms with Crippen LogP contribution in [0.5, 0.6) is 0 Å². The first-order valence-electron chi connectivity index (χ1n) is 2.83. The van der Waals surface area contributed by atoms with Gasteiger partial charge in [-0.05, 0) is 0 Å². The van der Waals surface area contributed by atoms with E-state index in [0.29, 0.717) is 0 Å². The van der Waals surface area contributed by atoms with Crippen LogP contribution in [0, 0.1) is 6.21 Å². The first-order valence-corrected chi connectivity index (χ1v) is 2.83. The molecule has 2 rings (SSSR count). The molecule has 2 heterocycles. The van der Waals surface area contributed by atoms with Crippen LogP contribution in [-0.4, -0.2) is 11.5 Å². The molecule has 0 atom stereocenters. The van der Waals surface area contributed by atoms with Crippen molar-refractivity contribution in [2.24, 2.45) is 4.99 Å². The molecule has 3 nitrogen and oxygen atoms in total. The summed E-state index contributed by atoms with van der Waals surface area (Å²) in [5, 5.41) is 0. The Hall–Kier alpha value is -1.25. The summed E-state index contributed by atoms with van der Waals surface area (Å²) in [4.78, 5) is 8.07. The number of aromatic nitrogens is 2. The Bertz CT molecular complexity index is 295. The van der Waals surface area contributed by atoms with Crippen LogP contribution in [-0.2, 0) is 0 Å². The highest BCUT2D eigenvalue weighted by Crippen LogP contribution is 1.69. The second-order valence-electron chi connectivity index (χ2n) is 1.87. The Morgan fingerprint density at radius 1 is 1.56 bits per heavy atom. The van der Waals surface area contributed by atoms with Crippen molar-refractivity contribution in [1.82, 2.24) is 4.98 Å². The minimum atomic E-state index is 0.783. The molecule has 0 spiro atoms. The Balaban J connectivity index is 2.97. The first-order chi connectivity index (χ1) is 4.47. The predicted octanol–water partition coefficient (Wildman–Crippen LogP) is -0.988. The molecule has 0 saturated heterocycles. The zero-order valence-electron chi connectivity index (χ0n) is 4.86. The molecule has 0 aliphatic carbocycles. The molecular weight excluding hydrogens is 114 g/mol. The molecule has 0 fully saturated rings. The lowest BCUT2D eigenvalue weighted by Crippen LogP contribution is -2.33. The van der Waals surface area contributed by atoms with E-state index in [9.17, 15) is 0 Å². The summed E-state index contributed by atoms with van der Waals surface area (Å²) in [5.41, 5.74) is 0.942. The monoisotopic (exact) mass is 120 g/mol. The molecule has 0 amide bonds. The van der Waals surface area contributed by atoms with Crippen molar-refractivity contribution in [3.05, 3.63) is 30.3 Å². The lowest BCUT2D eigenvalue weighted by atomic mass is 10.7. The van der Waals surface area contributed by atoms with E-state index in [4.69, 9.17) is 0 Å². The van der Waals surface area contributed by atoms with Gasteiger partial charge < -0.3 is 0 Å². The fourth-order valence-electron chi connectivity index (χ4n) is 0.862. The van der Waals surface area contributed by atoms with Crippen LogP contribution >= 0.6 is 0 Å². The second kappa shape index (κ2) is 1.62. The van der Waals surface area contributed by atoms with E-state index in [1.165, 1.54) is 0 Å². The van der Waals surface area contributed by atoms with Crippen molar-refractivity contribution in [2.75, 3.05) is 6.54 Å². The third-order valence-corrected chi connectivity index (χ3v) is 1.30. The Kier molecular flexibility index (Phi) is 0.828. The molecule has 3 heteroatoms. The van der Waals surface area contributed by atoms with Gasteiger partial charge in [-0.1, -0.05) is 4.99 Å². The fourth-order valence-corrected chi connectivity index (χ4v) is 0.862. The highest BCUT2D eigenvalue weighted by molar-refractivity contribution is 4.69. The van der Waals surface area contributed by atoms with Gasteiger partial charge in [0.25, 0.3) is 0 Å². The van der Waals surface area contributed by atoms with Crippen molar-refractivity contribution < 1.29 is 4.24 Å². The maximum absolute atomic E-state index is 4.14. The SMILES string of the molecule is C1=[n+]2ccncc2=NC1. The quantitative estimate of drug-likeness (QED) is 0.404. The van der Waals surface area contributed by atoms with Gasteiger partial charge in [0.05, 0.1) is 6.20 Å². The van der Waals surface area contributed by atoms with Gasteiger partial charge in [-0.25, -0.2) is 4.24 Å². The third kappa shape index (κ3) is 0.614. The van der Waals surface area contributed by atoms with Crippen LogP contribution < -0.4 is 9.73 Å². The molecule has 0 saturated carbocycles. The van der Waals surface area contributed by atoms with Crippen molar-refractivity contribution in [1.29, 1.82) is 0 Å². The molecule has 0 bridgehead atoms. The van der Waals surface area contributed by atoms with Gasteiger partial charge >= 0.3 is 5.49 Å². The van der Waals surface area contributed by atoms with Gasteiger partial charge in [0, 0.05) is 0 Å². The van der Waals surface area contributed by atoms with E-state index in [1.807, 2.05) is 16.7 Å². The van der Waals surface area contributed by atoms with Crippen LogP contribution in [0.1, 0.15) is 0 Å². The highest BCUT2D eigenvalue weighted by atomic mass is 15.0. The summed E-state index contributed by atoms with van der Waals surface area (Å²) in [6, 6.07) is 0. The molecule has 0 radical (unpaired) electrons. The molecule has 9 heavy (non-hydrogen) atoms. The minimum Gasteiger partial charge on any atom is -0.252 e. The van der Waals surface area contributed by atoms with Gasteiger partial charge in [-0.2, -0.15) is 0 Å². The maximum Gasteiger partial charge on any atom is 0.340 e. The van der Waals surface area contributed by atoms with E-state index >= 15 is 0 Å². The van der Waals surface area contributed by atoms with Crippen LogP contribution in [0.15, 0.2) is 23.6 Å². The summed E-state index contributed by atoms with van der Waals surface area (Å²) < 4.78 is 1.97. The van der Waals surface area contributed by atoms with E-state index in [0.717, 1.165) is 12.0 Å². The smallest absolute Gasteiger partial charge is 0.252 e. The molecular formula is C6H6N3+. The van der Waals surface area contributed by atoms with Gasteiger partial charge in [0.2, 0.25) is 0 Å². The number of nitrogens with zero attached hydrogens (tertiary/aromatic N) is 3. The van der Waals surface area contributed by atoms with E-state index in [-0.39, 0.29) is 0 Å². The molecule has 1 aliphatic rings. The van der Waals surface area contributed by atoms with Crippen molar-refractivity contribution >= 4 is 0 Å². The summed E-state index contributed by atoms with van der Waals surface area (Å²) >= 11 is 0. The Morgan fingerprint density at radius 3 is 3.44 bits per heavy atom. The lowest BCUT2D eigenvalue weighted by Gasteiger charge is -1.72. The van der Waals surface area contributed by atoms with Crippen LogP contribution in [0.4, 0.5) is 0 Å². The molecule has 44 valence electrons. The number of hydrogen-bond acceptors (Lipinski definition) is 2. The Labute approximate surface area is 52.0 Å². The van der Waals surface area contributed by atoms with Gasteiger partial charge in [-0.3, -0.25) is 4.98 Å². The van der Waals surface area contributed by atoms with Gasteiger partial charge in [-0.15, -0.1) is 0 Å². The van der Waals surface area contributed by atoms with Crippen LogP contribution in [0.2, 0.25) is 0 Å². The molecule has 0 unspecified atom stereocenters. The summed E-state index contributed by atoms with van der Waals surface area (Å²) in [5.74, 6) is 0. The first kappa shape index (κ1) is 4.61. The number of fused-ring (bicyclic) bond motifs is 1. The maximum atomic E-state index is 4.14. The highest BCUT2D eigenvalue weighted by Gasteiger charge is 2.00. The van der Waals surface area contributed by atoms with E-state index in [1.54, 1.807) is 12.4 Å². The average molecular weight is 120 g/mol. The zero-order valence-corrected chi connectivity index (χ0v) is 4.86. The summed E-state index contributed by atoms with van der Waals surface area (Å²) in [6.45, 7) is 0.783. The zero-order chi connectivity index (χ0) is 6.10. The van der Waals surface area contributed by atoms with E-state index < -0.39 is 0 Å². The molecule has 0 N–H and O–H groups in total. The molecule has 0 aromatic carbocycles. The van der Waals surface area contributed by atoms with Crippen LogP contribution in [0.3, 0.4) is 0 Å². The molecule has 1 aromatic heterocycles. The Morgan fingerprint density at radius 2 is 2.56 bits per heavy atom. The topological polar surface area (TPSA) is 31.2 Å². The average Bonchev–Trinajstić information content (AvgIpc) is 2.33. The summed E-state index contributed by atoms with van der Waals surface area (Å²) in [6.07, 6.45) is 7.41. The third-order valence-electron chi connectivity index (χ3n) is 1.30. The number of hydrogen-bond donors (Lipinski definition) is 0. The largest absolute Gasteiger partial charge is 0.340 e. The van der Waals surface area contributed by atoms with Crippen molar-refractivity contribution in [3.8, 4) is 0 Å². The molecule has 1 aromatic rings. The second-order valence-corrected chi connectivity index (χ2v) is 1.87. The minimum absolute atomic E-state index is 0.783. The number of rotatable bonds is 0. The van der Waals surface area contributed by atoms with Gasteiger partial charge in [0.1, 0.15) is 18.6 Å². The van der Waals surface area contributed by atoms with Crippen LogP contribution in [0.25, 0.3) is 0 Å². The lowest BCUT2D eigenvalue weighted by molar-refractivity contribution is -0.522. The van der Waals surface area contributed by atoms with Gasteiger partial charge in [0.15, 0.2) is 6.54 Å².